The molecule has 4 unspecified atom stereocenters. The van der Waals surface area contributed by atoms with Gasteiger partial charge in [0.1, 0.15) is 18.1 Å². The van der Waals surface area contributed by atoms with Gasteiger partial charge in [-0.25, -0.2) is 9.78 Å². The number of nitrogens with two attached hydrogens (primary N) is 2. The molecule has 0 aliphatic rings. The first-order valence-corrected chi connectivity index (χ1v) is 12.2. The molecule has 16 heteroatoms. The van der Waals surface area contributed by atoms with E-state index < -0.39 is 66.2 Å². The summed E-state index contributed by atoms with van der Waals surface area (Å²) in [5.74, 6) is -5.88. The van der Waals surface area contributed by atoms with E-state index >= 15 is 0 Å². The fraction of sp³-hybridized carbons (Fsp3) is 0.550. The van der Waals surface area contributed by atoms with E-state index in [-0.39, 0.29) is 25.7 Å². The highest BCUT2D eigenvalue weighted by Crippen LogP contribution is 2.05. The Hall–Kier alpha value is -3.66. The summed E-state index contributed by atoms with van der Waals surface area (Å²) in [5, 5.41) is 25.3. The Morgan fingerprint density at radius 3 is 2.14 bits per heavy atom. The van der Waals surface area contributed by atoms with Crippen LogP contribution in [0.1, 0.15) is 31.4 Å². The molecule has 0 aromatic carbocycles. The van der Waals surface area contributed by atoms with Crippen LogP contribution in [0, 0.1) is 0 Å². The number of carboxylic acid groups (broad SMARTS) is 2. The maximum absolute atomic E-state index is 12.9. The number of hydrogen-bond donors (Lipinski definition) is 8. The van der Waals surface area contributed by atoms with Gasteiger partial charge in [-0.1, -0.05) is 0 Å². The molecule has 4 atom stereocenters. The van der Waals surface area contributed by atoms with Crippen molar-refractivity contribution in [3.8, 4) is 0 Å². The molecule has 0 radical (unpaired) electrons. The monoisotopic (exact) mass is 529 g/mol. The lowest BCUT2D eigenvalue weighted by molar-refractivity contribution is -0.143. The summed E-state index contributed by atoms with van der Waals surface area (Å²) < 4.78 is 0. The Morgan fingerprint density at radius 1 is 1.00 bits per heavy atom. The number of carboxylic acids is 2. The molecule has 10 N–H and O–H groups in total. The van der Waals surface area contributed by atoms with Crippen molar-refractivity contribution in [2.45, 2.75) is 56.3 Å². The van der Waals surface area contributed by atoms with E-state index in [4.69, 9.17) is 11.5 Å². The molecule has 1 heterocycles. The van der Waals surface area contributed by atoms with E-state index in [9.17, 15) is 39.0 Å². The fourth-order valence-electron chi connectivity index (χ4n) is 2.98. The van der Waals surface area contributed by atoms with Crippen molar-refractivity contribution in [3.05, 3.63) is 18.2 Å². The Bertz CT molecular complexity index is 927. The lowest BCUT2D eigenvalue weighted by Crippen LogP contribution is -2.57. The van der Waals surface area contributed by atoms with E-state index in [1.54, 1.807) is 6.26 Å². The summed E-state index contributed by atoms with van der Waals surface area (Å²) in [6, 6.07) is -5.43. The van der Waals surface area contributed by atoms with Gasteiger partial charge in [0.15, 0.2) is 0 Å². The van der Waals surface area contributed by atoms with Gasteiger partial charge in [-0.3, -0.25) is 24.0 Å². The van der Waals surface area contributed by atoms with Crippen molar-refractivity contribution in [2.24, 2.45) is 11.5 Å². The average molecular weight is 530 g/mol. The van der Waals surface area contributed by atoms with Crippen molar-refractivity contribution in [1.29, 1.82) is 0 Å². The number of H-pyrrole nitrogens is 1. The second kappa shape index (κ2) is 15.4. The van der Waals surface area contributed by atoms with E-state index in [1.807, 2.05) is 0 Å². The van der Waals surface area contributed by atoms with Crippen LogP contribution in [0.2, 0.25) is 0 Å². The van der Waals surface area contributed by atoms with Crippen molar-refractivity contribution in [1.82, 2.24) is 25.9 Å². The molecule has 0 fully saturated rings. The minimum Gasteiger partial charge on any atom is -0.481 e. The zero-order valence-corrected chi connectivity index (χ0v) is 20.4. The van der Waals surface area contributed by atoms with Crippen molar-refractivity contribution >= 4 is 47.3 Å². The maximum atomic E-state index is 12.9. The topological polar surface area (TPSA) is 260 Å². The van der Waals surface area contributed by atoms with Crippen molar-refractivity contribution in [2.75, 3.05) is 12.0 Å². The van der Waals surface area contributed by atoms with Crippen LogP contribution in [0.3, 0.4) is 0 Å². The summed E-state index contributed by atoms with van der Waals surface area (Å²) in [6.07, 6.45) is 3.32. The smallest absolute Gasteiger partial charge is 0.326 e. The summed E-state index contributed by atoms with van der Waals surface area (Å²) in [6.45, 7) is 0. The van der Waals surface area contributed by atoms with E-state index in [1.165, 1.54) is 24.3 Å². The molecule has 4 amide bonds. The number of aromatic amines is 1. The summed E-state index contributed by atoms with van der Waals surface area (Å²) in [5.41, 5.74) is 11.6. The van der Waals surface area contributed by atoms with Crippen LogP contribution in [0.25, 0.3) is 0 Å². The van der Waals surface area contributed by atoms with Gasteiger partial charge in [-0.15, -0.1) is 0 Å². The molecule has 0 bridgehead atoms. The third-order valence-electron chi connectivity index (χ3n) is 4.88. The third-order valence-corrected chi connectivity index (χ3v) is 5.52. The highest BCUT2D eigenvalue weighted by Gasteiger charge is 2.31. The number of nitrogens with zero attached hydrogens (tertiary/aromatic N) is 1. The lowest BCUT2D eigenvalue weighted by atomic mass is 10.1. The highest BCUT2D eigenvalue weighted by molar-refractivity contribution is 7.98. The summed E-state index contributed by atoms with van der Waals surface area (Å²) in [7, 11) is 0. The molecular weight excluding hydrogens is 498 g/mol. The largest absolute Gasteiger partial charge is 0.481 e. The average Bonchev–Trinajstić information content (AvgIpc) is 3.30. The van der Waals surface area contributed by atoms with Crippen LogP contribution < -0.4 is 27.4 Å². The standard InChI is InChI=1S/C20H31N7O8S/c1-36-5-4-13(20(34)35)26-19(33)14(7-16(29)30)27-18(32)12(2-3-15(22)28)25-17(31)11(21)6-10-8-23-9-24-10/h8-9,11-14H,2-7,21H2,1H3,(H2,22,28)(H,23,24)(H,25,31)(H,26,33)(H,27,32)(H,29,30)(H,34,35). The van der Waals surface area contributed by atoms with Gasteiger partial charge in [0.25, 0.3) is 0 Å². The predicted molar refractivity (Wildman–Crippen MR) is 127 cm³/mol. The van der Waals surface area contributed by atoms with E-state index in [2.05, 4.69) is 25.9 Å². The summed E-state index contributed by atoms with van der Waals surface area (Å²) in [4.78, 5) is 78.6. The van der Waals surface area contributed by atoms with Gasteiger partial charge < -0.3 is 42.6 Å². The minimum absolute atomic E-state index is 0.0622. The number of primary amides is 1. The van der Waals surface area contributed by atoms with E-state index in [0.717, 1.165) is 0 Å². The van der Waals surface area contributed by atoms with Gasteiger partial charge in [-0.05, 0) is 24.9 Å². The van der Waals surface area contributed by atoms with E-state index in [0.29, 0.717) is 11.4 Å². The van der Waals surface area contributed by atoms with Crippen LogP contribution in [-0.2, 0) is 35.2 Å². The van der Waals surface area contributed by atoms with Crippen molar-refractivity contribution in [3.63, 3.8) is 0 Å². The second-order valence-electron chi connectivity index (χ2n) is 7.79. The van der Waals surface area contributed by atoms with Gasteiger partial charge in [-0.2, -0.15) is 11.8 Å². The molecule has 0 saturated heterocycles. The number of rotatable bonds is 17. The normalized spacial score (nSPS) is 14.1. The number of thioether (sulfide) groups is 1. The molecular formula is C20H31N7O8S. The molecule has 0 saturated carbocycles. The Morgan fingerprint density at radius 2 is 1.61 bits per heavy atom. The number of aromatic nitrogens is 2. The molecule has 15 nitrogen and oxygen atoms in total. The number of nitrogens with one attached hydrogen (secondary N) is 4. The zero-order valence-electron chi connectivity index (χ0n) is 19.6. The molecule has 1 aromatic rings. The molecule has 1 aromatic heterocycles. The van der Waals surface area contributed by atoms with Crippen LogP contribution in [-0.4, -0.2) is 91.9 Å². The van der Waals surface area contributed by atoms with Gasteiger partial charge in [0, 0.05) is 24.7 Å². The van der Waals surface area contributed by atoms with Crippen LogP contribution in [0.5, 0.6) is 0 Å². The first-order valence-electron chi connectivity index (χ1n) is 10.8. The zero-order chi connectivity index (χ0) is 27.3. The second-order valence-corrected chi connectivity index (χ2v) is 8.78. The van der Waals surface area contributed by atoms with Gasteiger partial charge >= 0.3 is 11.9 Å². The van der Waals surface area contributed by atoms with Gasteiger partial charge in [0.2, 0.25) is 23.6 Å². The Labute approximate surface area is 210 Å². The predicted octanol–water partition coefficient (Wildman–Crippen LogP) is -2.69. The third kappa shape index (κ3) is 11.2. The molecule has 0 aliphatic carbocycles. The quantitative estimate of drug-likeness (QED) is 0.103. The first-order chi connectivity index (χ1) is 16.9. The van der Waals surface area contributed by atoms with Crippen LogP contribution in [0.15, 0.2) is 12.5 Å². The number of hydrogen-bond acceptors (Lipinski definition) is 9. The molecule has 0 aliphatic heterocycles. The van der Waals surface area contributed by atoms with Crippen molar-refractivity contribution < 1.29 is 39.0 Å². The van der Waals surface area contributed by atoms with Gasteiger partial charge in [0.05, 0.1) is 18.8 Å². The highest BCUT2D eigenvalue weighted by atomic mass is 32.2. The number of aliphatic carboxylic acids is 2. The number of carbonyl (C=O) groups is 6. The SMILES string of the molecule is CSCCC(NC(=O)C(CC(=O)O)NC(=O)C(CCC(N)=O)NC(=O)C(N)Cc1cnc[nH]1)C(=O)O. The van der Waals surface area contributed by atoms with Crippen LogP contribution in [0.4, 0.5) is 0 Å². The first kappa shape index (κ1) is 30.4. The fourth-order valence-corrected chi connectivity index (χ4v) is 3.45. The molecule has 0 spiro atoms. The number of carbonyl (C=O) groups excluding carboxylic acids is 4. The van der Waals surface area contributed by atoms with Crippen LogP contribution >= 0.6 is 11.8 Å². The number of amides is 4. The molecule has 36 heavy (non-hydrogen) atoms. The Balaban J connectivity index is 2.97. The lowest BCUT2D eigenvalue weighted by Gasteiger charge is -2.24. The summed E-state index contributed by atoms with van der Waals surface area (Å²) >= 11 is 1.35. The maximum Gasteiger partial charge on any atom is 0.326 e. The molecule has 200 valence electrons. The number of imidazole rings is 1. The molecule has 1 rings (SSSR count). The Kier molecular flexibility index (Phi) is 13.0. The minimum atomic E-state index is -1.65.